The molecule has 0 aliphatic carbocycles. The molecule has 0 aromatic heterocycles. The summed E-state index contributed by atoms with van der Waals surface area (Å²) in [5, 5.41) is 10.3. The van der Waals surface area contributed by atoms with Gasteiger partial charge in [-0.3, -0.25) is 0 Å². The molecule has 0 amide bonds. The highest BCUT2D eigenvalue weighted by Crippen LogP contribution is 2.28. The Morgan fingerprint density at radius 2 is 2.12 bits per heavy atom. The molecule has 0 spiro atoms. The van der Waals surface area contributed by atoms with Crippen LogP contribution < -0.4 is 0 Å². The highest BCUT2D eigenvalue weighted by molar-refractivity contribution is 5.35. The summed E-state index contributed by atoms with van der Waals surface area (Å²) in [5.74, 6) is 0.708. The molecule has 16 heavy (non-hydrogen) atoms. The number of rotatable bonds is 2. The van der Waals surface area contributed by atoms with Crippen molar-refractivity contribution in [1.29, 1.82) is 0 Å². The van der Waals surface area contributed by atoms with Crippen LogP contribution in [0.25, 0.3) is 0 Å². The third-order valence-corrected chi connectivity index (χ3v) is 2.96. The zero-order valence-electron chi connectivity index (χ0n) is 9.86. The van der Waals surface area contributed by atoms with E-state index in [-0.39, 0.29) is 0 Å². The first-order valence-corrected chi connectivity index (χ1v) is 5.76. The lowest BCUT2D eigenvalue weighted by molar-refractivity contribution is 0.0914. The van der Waals surface area contributed by atoms with Crippen molar-refractivity contribution in [1.82, 2.24) is 0 Å². The third-order valence-electron chi connectivity index (χ3n) is 2.96. The summed E-state index contributed by atoms with van der Waals surface area (Å²) >= 11 is 0. The second-order valence-corrected chi connectivity index (χ2v) is 4.36. The van der Waals surface area contributed by atoms with Crippen LogP contribution in [0.5, 0.6) is 0 Å². The lowest BCUT2D eigenvalue weighted by Gasteiger charge is -2.21. The summed E-state index contributed by atoms with van der Waals surface area (Å²) in [6, 6.07) is 6.12. The number of ether oxygens (including phenoxy) is 1. The second-order valence-electron chi connectivity index (χ2n) is 4.36. The van der Waals surface area contributed by atoms with Crippen LogP contribution in [0, 0.1) is 13.8 Å². The van der Waals surface area contributed by atoms with E-state index in [1.165, 1.54) is 0 Å². The fraction of sp³-hybridized carbons (Fsp3) is 0.429. The molecule has 1 aliphatic rings. The molecule has 0 saturated carbocycles. The highest BCUT2D eigenvalue weighted by atomic mass is 16.5. The number of allylic oxidation sites excluding steroid dienone is 1. The van der Waals surface area contributed by atoms with Crippen molar-refractivity contribution in [3.05, 3.63) is 46.7 Å². The van der Waals surface area contributed by atoms with Crippen LogP contribution in [-0.4, -0.2) is 11.7 Å². The van der Waals surface area contributed by atoms with Crippen molar-refractivity contribution in [2.45, 2.75) is 32.8 Å². The van der Waals surface area contributed by atoms with Crippen LogP contribution in [0.4, 0.5) is 0 Å². The maximum atomic E-state index is 10.3. The predicted molar refractivity (Wildman–Crippen MR) is 64.1 cm³/mol. The van der Waals surface area contributed by atoms with Gasteiger partial charge in [0.25, 0.3) is 0 Å². The Kier molecular flexibility index (Phi) is 3.30. The zero-order chi connectivity index (χ0) is 11.5. The number of hydrogen-bond acceptors (Lipinski definition) is 2. The maximum absolute atomic E-state index is 10.3. The quantitative estimate of drug-likeness (QED) is 0.826. The van der Waals surface area contributed by atoms with Gasteiger partial charge in [-0.15, -0.1) is 0 Å². The zero-order valence-corrected chi connectivity index (χ0v) is 9.86. The fourth-order valence-electron chi connectivity index (χ4n) is 1.97. The smallest absolute Gasteiger partial charge is 0.136 e. The van der Waals surface area contributed by atoms with E-state index >= 15 is 0 Å². The SMILES string of the molecule is Cc1ccc(C)c(C(O)C2=CCCCO2)c1. The van der Waals surface area contributed by atoms with Crippen LogP contribution >= 0.6 is 0 Å². The van der Waals surface area contributed by atoms with Gasteiger partial charge in [0.2, 0.25) is 0 Å². The normalized spacial score (nSPS) is 17.6. The Hall–Kier alpha value is -1.28. The summed E-state index contributed by atoms with van der Waals surface area (Å²) in [6.07, 6.45) is 3.43. The molecule has 1 unspecified atom stereocenters. The van der Waals surface area contributed by atoms with Crippen LogP contribution in [0.3, 0.4) is 0 Å². The minimum absolute atomic E-state index is 0.611. The van der Waals surface area contributed by atoms with E-state index < -0.39 is 6.10 Å². The Morgan fingerprint density at radius 3 is 2.81 bits per heavy atom. The van der Waals surface area contributed by atoms with Crippen LogP contribution in [0.1, 0.15) is 35.6 Å². The van der Waals surface area contributed by atoms with Crippen LogP contribution in [0.2, 0.25) is 0 Å². The Bertz CT molecular complexity index is 407. The Balaban J connectivity index is 2.29. The van der Waals surface area contributed by atoms with Gasteiger partial charge >= 0.3 is 0 Å². The molecule has 1 aromatic rings. The fourth-order valence-corrected chi connectivity index (χ4v) is 1.97. The first-order valence-electron chi connectivity index (χ1n) is 5.76. The number of benzene rings is 1. The number of aliphatic hydroxyl groups is 1. The van der Waals surface area contributed by atoms with Gasteiger partial charge in [-0.25, -0.2) is 0 Å². The molecule has 1 aromatic carbocycles. The first kappa shape index (κ1) is 11.2. The Morgan fingerprint density at radius 1 is 1.31 bits per heavy atom. The number of hydrogen-bond donors (Lipinski definition) is 1. The average molecular weight is 218 g/mol. The van der Waals surface area contributed by atoms with E-state index in [1.807, 2.05) is 32.1 Å². The van der Waals surface area contributed by atoms with Crippen molar-refractivity contribution in [3.8, 4) is 0 Å². The molecule has 2 nitrogen and oxygen atoms in total. The number of aryl methyl sites for hydroxylation is 2. The van der Waals surface area contributed by atoms with E-state index in [2.05, 4.69) is 6.07 Å². The van der Waals surface area contributed by atoms with Gasteiger partial charge < -0.3 is 9.84 Å². The molecule has 2 rings (SSSR count). The lowest BCUT2D eigenvalue weighted by atomic mass is 9.98. The van der Waals surface area contributed by atoms with Crippen molar-refractivity contribution in [2.75, 3.05) is 6.61 Å². The predicted octanol–water partition coefficient (Wildman–Crippen LogP) is 3.03. The molecule has 1 atom stereocenters. The molecule has 1 heterocycles. The molecular weight excluding hydrogens is 200 g/mol. The minimum Gasteiger partial charge on any atom is -0.495 e. The van der Waals surface area contributed by atoms with Crippen molar-refractivity contribution in [3.63, 3.8) is 0 Å². The minimum atomic E-state index is -0.611. The summed E-state index contributed by atoms with van der Waals surface area (Å²) in [5.41, 5.74) is 3.22. The van der Waals surface area contributed by atoms with E-state index in [9.17, 15) is 5.11 Å². The average Bonchev–Trinajstić information content (AvgIpc) is 2.32. The highest BCUT2D eigenvalue weighted by Gasteiger charge is 2.18. The Labute approximate surface area is 96.6 Å². The van der Waals surface area contributed by atoms with E-state index in [0.717, 1.165) is 29.5 Å². The van der Waals surface area contributed by atoms with Gasteiger partial charge in [-0.1, -0.05) is 23.8 Å². The van der Waals surface area contributed by atoms with Crippen molar-refractivity contribution >= 4 is 0 Å². The molecule has 1 N–H and O–H groups in total. The van der Waals surface area contributed by atoms with Crippen LogP contribution in [0.15, 0.2) is 30.0 Å². The standard InChI is InChI=1S/C14H18O2/c1-10-6-7-11(2)12(9-10)14(15)13-5-3-4-8-16-13/h5-7,9,14-15H,3-4,8H2,1-2H3. The van der Waals surface area contributed by atoms with E-state index in [1.54, 1.807) is 0 Å². The molecule has 0 saturated heterocycles. The monoisotopic (exact) mass is 218 g/mol. The van der Waals surface area contributed by atoms with Gasteiger partial charge in [0.05, 0.1) is 6.61 Å². The molecule has 1 aliphatic heterocycles. The summed E-state index contributed by atoms with van der Waals surface area (Å²) < 4.78 is 5.50. The topological polar surface area (TPSA) is 29.5 Å². The maximum Gasteiger partial charge on any atom is 0.136 e. The molecule has 2 heteroatoms. The summed E-state index contributed by atoms with van der Waals surface area (Å²) in [6.45, 7) is 4.76. The molecular formula is C14H18O2. The summed E-state index contributed by atoms with van der Waals surface area (Å²) in [7, 11) is 0. The van der Waals surface area contributed by atoms with Crippen LogP contribution in [-0.2, 0) is 4.74 Å². The largest absolute Gasteiger partial charge is 0.495 e. The molecule has 86 valence electrons. The molecule has 0 bridgehead atoms. The van der Waals surface area contributed by atoms with Crippen molar-refractivity contribution < 1.29 is 9.84 Å². The van der Waals surface area contributed by atoms with Gasteiger partial charge in [0, 0.05) is 0 Å². The molecule has 0 fully saturated rings. The summed E-state index contributed by atoms with van der Waals surface area (Å²) in [4.78, 5) is 0. The lowest BCUT2D eigenvalue weighted by Crippen LogP contribution is -2.11. The first-order chi connectivity index (χ1) is 7.68. The van der Waals surface area contributed by atoms with Gasteiger partial charge in [0.1, 0.15) is 11.9 Å². The second kappa shape index (κ2) is 4.71. The van der Waals surface area contributed by atoms with Gasteiger partial charge in [-0.05, 0) is 43.9 Å². The third kappa shape index (κ3) is 2.27. The molecule has 0 radical (unpaired) electrons. The van der Waals surface area contributed by atoms with E-state index in [4.69, 9.17) is 4.74 Å². The van der Waals surface area contributed by atoms with E-state index in [0.29, 0.717) is 12.4 Å². The van der Waals surface area contributed by atoms with Crippen molar-refractivity contribution in [2.24, 2.45) is 0 Å². The van der Waals surface area contributed by atoms with Gasteiger partial charge in [0.15, 0.2) is 0 Å². The van der Waals surface area contributed by atoms with Gasteiger partial charge in [-0.2, -0.15) is 0 Å². The number of aliphatic hydroxyl groups excluding tert-OH is 1.